The van der Waals surface area contributed by atoms with Gasteiger partial charge in [0.15, 0.2) is 5.58 Å². The maximum atomic E-state index is 12.1. The lowest BCUT2D eigenvalue weighted by Gasteiger charge is -2.39. The molecule has 7 nitrogen and oxygen atoms in total. The Kier molecular flexibility index (Phi) is 3.74. The number of aromatic nitrogens is 1. The molecular weight excluding hydrogens is 320 g/mol. The molecule has 2 aliphatic heterocycles. The molecule has 122 valence electrons. The van der Waals surface area contributed by atoms with Crippen LogP contribution in [0.2, 0.25) is 5.02 Å². The van der Waals surface area contributed by atoms with E-state index < -0.39 is 0 Å². The van der Waals surface area contributed by atoms with Crippen molar-refractivity contribution in [2.45, 2.75) is 6.04 Å². The number of halogens is 1. The molecule has 4 rings (SSSR count). The van der Waals surface area contributed by atoms with Crippen molar-refractivity contribution in [2.24, 2.45) is 0 Å². The molecule has 8 heteroatoms. The lowest BCUT2D eigenvalue weighted by atomic mass is 10.1. The number of hydrogen-bond acceptors (Lipinski definition) is 5. The summed E-state index contributed by atoms with van der Waals surface area (Å²) in [6.07, 6.45) is 0. The Balaban J connectivity index is 1.34. The van der Waals surface area contributed by atoms with Crippen molar-refractivity contribution < 1.29 is 13.9 Å². The number of nitrogens with zero attached hydrogens (tertiary/aromatic N) is 3. The normalized spacial score (nSPS) is 19.0. The molecule has 0 radical (unpaired) electrons. The molecule has 0 aliphatic carbocycles. The van der Waals surface area contributed by atoms with Gasteiger partial charge in [0.1, 0.15) is 5.52 Å². The number of rotatable bonds is 2. The molecule has 1 aromatic heterocycles. The maximum Gasteiger partial charge on any atom is 0.317 e. The highest BCUT2D eigenvalue weighted by molar-refractivity contribution is 6.31. The van der Waals surface area contributed by atoms with Gasteiger partial charge in [0.05, 0.1) is 19.3 Å². The second-order valence-electron chi connectivity index (χ2n) is 5.76. The molecule has 2 aliphatic rings. The zero-order valence-corrected chi connectivity index (χ0v) is 13.3. The second kappa shape index (κ2) is 5.90. The number of fused-ring (bicyclic) bond motifs is 1. The van der Waals surface area contributed by atoms with Crippen LogP contribution in [0.3, 0.4) is 0 Å². The van der Waals surface area contributed by atoms with Gasteiger partial charge in [-0.3, -0.25) is 0 Å². The highest BCUT2D eigenvalue weighted by atomic mass is 35.5. The first kappa shape index (κ1) is 14.6. The Hall–Kier alpha value is -1.99. The van der Waals surface area contributed by atoms with Crippen LogP contribution in [-0.2, 0) is 4.74 Å². The van der Waals surface area contributed by atoms with E-state index in [0.717, 1.165) is 5.52 Å². The predicted molar refractivity (Wildman–Crippen MR) is 85.9 cm³/mol. The van der Waals surface area contributed by atoms with Crippen LogP contribution in [0.4, 0.5) is 10.8 Å². The van der Waals surface area contributed by atoms with Crippen LogP contribution in [-0.4, -0.2) is 61.3 Å². The summed E-state index contributed by atoms with van der Waals surface area (Å²) in [4.78, 5) is 20.3. The first-order chi connectivity index (χ1) is 11.2. The van der Waals surface area contributed by atoms with E-state index in [4.69, 9.17) is 20.8 Å². The Morgan fingerprint density at radius 2 is 2.09 bits per heavy atom. The topological polar surface area (TPSA) is 70.8 Å². The number of carbonyl (C=O) groups excluding carboxylic acids is 1. The highest BCUT2D eigenvalue weighted by Crippen LogP contribution is 2.27. The summed E-state index contributed by atoms with van der Waals surface area (Å²) < 4.78 is 11.0. The van der Waals surface area contributed by atoms with Gasteiger partial charge in [0.2, 0.25) is 0 Å². The predicted octanol–water partition coefficient (Wildman–Crippen LogP) is 1.71. The number of carbonyl (C=O) groups is 1. The number of ether oxygens (including phenoxy) is 1. The maximum absolute atomic E-state index is 12.1. The summed E-state index contributed by atoms with van der Waals surface area (Å²) in [5, 5.41) is 3.65. The molecule has 2 aromatic rings. The summed E-state index contributed by atoms with van der Waals surface area (Å²) in [5.74, 6) is 0. The van der Waals surface area contributed by atoms with Gasteiger partial charge >= 0.3 is 6.03 Å². The number of amides is 2. The Morgan fingerprint density at radius 1 is 1.30 bits per heavy atom. The minimum Gasteiger partial charge on any atom is -0.423 e. The molecule has 3 heterocycles. The monoisotopic (exact) mass is 336 g/mol. The van der Waals surface area contributed by atoms with Crippen LogP contribution < -0.4 is 10.2 Å². The fraction of sp³-hybridized carbons (Fsp3) is 0.467. The molecule has 0 saturated carbocycles. The van der Waals surface area contributed by atoms with Crippen molar-refractivity contribution in [2.75, 3.05) is 44.3 Å². The number of anilines is 1. The van der Waals surface area contributed by atoms with E-state index in [1.165, 1.54) is 0 Å². The minimum atomic E-state index is -0.0257. The van der Waals surface area contributed by atoms with Gasteiger partial charge in [-0.1, -0.05) is 11.6 Å². The van der Waals surface area contributed by atoms with Crippen LogP contribution in [0.1, 0.15) is 0 Å². The standard InChI is InChI=1S/C15H17ClN4O3/c16-10-1-2-12-13(7-10)23-15(18-12)20-8-11(9-20)17-14(21)19-3-5-22-6-4-19/h1-2,7,11H,3-6,8-9H2,(H,17,21). The van der Waals surface area contributed by atoms with E-state index >= 15 is 0 Å². The summed E-state index contributed by atoms with van der Waals surface area (Å²) in [6.45, 7) is 3.89. The van der Waals surface area contributed by atoms with Crippen LogP contribution in [0.15, 0.2) is 22.6 Å². The molecule has 2 fully saturated rings. The van der Waals surface area contributed by atoms with Crippen molar-refractivity contribution in [1.29, 1.82) is 0 Å². The quantitative estimate of drug-likeness (QED) is 0.904. The third-order valence-electron chi connectivity index (χ3n) is 4.12. The van der Waals surface area contributed by atoms with E-state index in [9.17, 15) is 4.79 Å². The van der Waals surface area contributed by atoms with E-state index in [-0.39, 0.29) is 12.1 Å². The molecule has 1 aromatic carbocycles. The second-order valence-corrected chi connectivity index (χ2v) is 6.20. The largest absolute Gasteiger partial charge is 0.423 e. The van der Waals surface area contributed by atoms with Gasteiger partial charge in [-0.25, -0.2) is 4.79 Å². The third kappa shape index (κ3) is 2.94. The van der Waals surface area contributed by atoms with E-state index in [2.05, 4.69) is 10.3 Å². The fourth-order valence-corrected chi connectivity index (χ4v) is 2.94. The molecule has 2 saturated heterocycles. The lowest BCUT2D eigenvalue weighted by Crippen LogP contribution is -2.62. The number of benzene rings is 1. The summed E-state index contributed by atoms with van der Waals surface area (Å²) in [7, 11) is 0. The Bertz CT molecular complexity index is 723. The first-order valence-electron chi connectivity index (χ1n) is 7.63. The third-order valence-corrected chi connectivity index (χ3v) is 4.35. The lowest BCUT2D eigenvalue weighted by molar-refractivity contribution is 0.0522. The summed E-state index contributed by atoms with van der Waals surface area (Å²) in [5.41, 5.74) is 1.46. The highest BCUT2D eigenvalue weighted by Gasteiger charge is 2.32. The zero-order chi connectivity index (χ0) is 15.8. The van der Waals surface area contributed by atoms with Crippen molar-refractivity contribution in [3.8, 4) is 0 Å². The summed E-state index contributed by atoms with van der Waals surface area (Å²) >= 11 is 5.95. The van der Waals surface area contributed by atoms with Gasteiger partial charge in [0.25, 0.3) is 6.01 Å². The number of nitrogens with one attached hydrogen (secondary N) is 1. The molecule has 1 N–H and O–H groups in total. The fourth-order valence-electron chi connectivity index (χ4n) is 2.78. The minimum absolute atomic E-state index is 0.0257. The molecule has 0 spiro atoms. The Labute approximate surface area is 138 Å². The number of hydrogen-bond donors (Lipinski definition) is 1. The van der Waals surface area contributed by atoms with E-state index in [0.29, 0.717) is 56.0 Å². The molecule has 0 unspecified atom stereocenters. The number of urea groups is 1. The summed E-state index contributed by atoms with van der Waals surface area (Å²) in [6, 6.07) is 6.04. The van der Waals surface area contributed by atoms with Crippen LogP contribution in [0.25, 0.3) is 11.1 Å². The van der Waals surface area contributed by atoms with Crippen molar-refractivity contribution in [1.82, 2.24) is 15.2 Å². The average Bonchev–Trinajstić information content (AvgIpc) is 2.93. The molecular formula is C15H17ClN4O3. The van der Waals surface area contributed by atoms with E-state index in [1.54, 1.807) is 17.0 Å². The van der Waals surface area contributed by atoms with Crippen molar-refractivity contribution in [3.63, 3.8) is 0 Å². The van der Waals surface area contributed by atoms with Gasteiger partial charge in [-0.15, -0.1) is 0 Å². The molecule has 2 amide bonds. The van der Waals surface area contributed by atoms with E-state index in [1.807, 2.05) is 11.0 Å². The molecule has 23 heavy (non-hydrogen) atoms. The molecule has 0 atom stereocenters. The average molecular weight is 337 g/mol. The Morgan fingerprint density at radius 3 is 2.87 bits per heavy atom. The van der Waals surface area contributed by atoms with Gasteiger partial charge in [0, 0.05) is 37.3 Å². The smallest absolute Gasteiger partial charge is 0.317 e. The van der Waals surface area contributed by atoms with Crippen LogP contribution in [0, 0.1) is 0 Å². The van der Waals surface area contributed by atoms with Crippen molar-refractivity contribution in [3.05, 3.63) is 23.2 Å². The molecule has 0 bridgehead atoms. The van der Waals surface area contributed by atoms with Gasteiger partial charge in [-0.05, 0) is 12.1 Å². The van der Waals surface area contributed by atoms with Gasteiger partial charge < -0.3 is 24.3 Å². The van der Waals surface area contributed by atoms with Crippen LogP contribution >= 0.6 is 11.6 Å². The van der Waals surface area contributed by atoms with Crippen molar-refractivity contribution >= 4 is 34.7 Å². The van der Waals surface area contributed by atoms with Crippen LogP contribution in [0.5, 0.6) is 0 Å². The first-order valence-corrected chi connectivity index (χ1v) is 8.01. The van der Waals surface area contributed by atoms with Gasteiger partial charge in [-0.2, -0.15) is 4.98 Å². The SMILES string of the molecule is O=C(NC1CN(c2nc3ccc(Cl)cc3o2)C1)N1CCOCC1. The number of oxazole rings is 1. The zero-order valence-electron chi connectivity index (χ0n) is 12.5. The number of morpholine rings is 1.